The molecule has 0 bridgehead atoms. The molecule has 0 radical (unpaired) electrons. The van der Waals surface area contributed by atoms with E-state index in [4.69, 9.17) is 16.3 Å². The Balaban J connectivity index is 1.46. The summed E-state index contributed by atoms with van der Waals surface area (Å²) < 4.78 is 5.42. The van der Waals surface area contributed by atoms with E-state index in [0.29, 0.717) is 48.0 Å². The third kappa shape index (κ3) is 4.72. The zero-order valence-corrected chi connectivity index (χ0v) is 21.0. The van der Waals surface area contributed by atoms with Crippen LogP contribution in [0.2, 0.25) is 5.02 Å². The van der Waals surface area contributed by atoms with Gasteiger partial charge in [-0.1, -0.05) is 23.7 Å². The number of carbonyl (C=O) groups is 3. The number of amides is 3. The molecule has 0 aliphatic carbocycles. The summed E-state index contributed by atoms with van der Waals surface area (Å²) in [6.45, 7) is 0.850. The maximum atomic E-state index is 13.8. The summed E-state index contributed by atoms with van der Waals surface area (Å²) in [4.78, 5) is 44.1. The van der Waals surface area contributed by atoms with Crippen LogP contribution in [0.5, 0.6) is 5.75 Å². The first kappa shape index (κ1) is 24.7. The van der Waals surface area contributed by atoms with Gasteiger partial charge < -0.3 is 25.3 Å². The number of nitrogens with zero attached hydrogens (tertiary/aromatic N) is 2. The summed E-state index contributed by atoms with van der Waals surface area (Å²) in [6, 6.07) is 12.7. The molecule has 1 saturated heterocycles. The summed E-state index contributed by atoms with van der Waals surface area (Å²) in [5.74, 6) is -0.633. The van der Waals surface area contributed by atoms with Gasteiger partial charge in [0.05, 0.1) is 13.2 Å². The molecular weight excluding hydrogens is 494 g/mol. The Hall–Kier alpha value is -4.03. The highest BCUT2D eigenvalue weighted by Gasteiger charge is 2.38. The molecule has 3 atom stereocenters. The van der Waals surface area contributed by atoms with Gasteiger partial charge in [-0.05, 0) is 60.7 Å². The highest BCUT2D eigenvalue weighted by Crippen LogP contribution is 2.34. The SMILES string of the molecule is COc1cccc2[nH]c(C(=O)N3CCc4cc(Cl)ccc4C3C(=O)N[C@H](C#N)C[C@@H]3CCNC3=O)cc12. The molecule has 2 aromatic carbocycles. The van der Waals surface area contributed by atoms with Crippen LogP contribution in [0.15, 0.2) is 42.5 Å². The molecule has 10 heteroatoms. The lowest BCUT2D eigenvalue weighted by molar-refractivity contribution is -0.127. The summed E-state index contributed by atoms with van der Waals surface area (Å²) >= 11 is 6.21. The molecule has 3 N–H and O–H groups in total. The highest BCUT2D eigenvalue weighted by molar-refractivity contribution is 6.30. The maximum Gasteiger partial charge on any atom is 0.271 e. The normalized spacial score (nSPS) is 19.6. The van der Waals surface area contributed by atoms with Crippen LogP contribution in [0.4, 0.5) is 0 Å². The van der Waals surface area contributed by atoms with Gasteiger partial charge in [0.15, 0.2) is 0 Å². The van der Waals surface area contributed by atoms with Crippen molar-refractivity contribution in [3.8, 4) is 11.8 Å². The Kier molecular flexibility index (Phi) is 6.76. The zero-order valence-electron chi connectivity index (χ0n) is 20.2. The van der Waals surface area contributed by atoms with Crippen LogP contribution in [-0.2, 0) is 16.0 Å². The summed E-state index contributed by atoms with van der Waals surface area (Å²) in [7, 11) is 1.57. The lowest BCUT2D eigenvalue weighted by atomic mass is 9.91. The van der Waals surface area contributed by atoms with Gasteiger partial charge in [0.1, 0.15) is 23.5 Å². The number of H-pyrrole nitrogens is 1. The average molecular weight is 520 g/mol. The van der Waals surface area contributed by atoms with Crippen molar-refractivity contribution in [1.29, 1.82) is 5.26 Å². The minimum Gasteiger partial charge on any atom is -0.496 e. The van der Waals surface area contributed by atoms with E-state index >= 15 is 0 Å². The fourth-order valence-corrected chi connectivity index (χ4v) is 5.42. The van der Waals surface area contributed by atoms with Crippen molar-refractivity contribution in [3.63, 3.8) is 0 Å². The van der Waals surface area contributed by atoms with E-state index in [0.717, 1.165) is 16.5 Å². The number of hydrogen-bond donors (Lipinski definition) is 3. The van der Waals surface area contributed by atoms with Gasteiger partial charge in [0.25, 0.3) is 5.91 Å². The number of nitriles is 1. The largest absolute Gasteiger partial charge is 0.496 e. The number of nitrogens with one attached hydrogen (secondary N) is 3. The molecular formula is C27H26ClN5O4. The van der Waals surface area contributed by atoms with Crippen LogP contribution >= 0.6 is 11.6 Å². The second-order valence-corrected chi connectivity index (χ2v) is 9.74. The van der Waals surface area contributed by atoms with Crippen molar-refractivity contribution < 1.29 is 19.1 Å². The second kappa shape index (κ2) is 10.1. The fourth-order valence-electron chi connectivity index (χ4n) is 5.22. The van der Waals surface area contributed by atoms with Gasteiger partial charge in [-0.15, -0.1) is 0 Å². The van der Waals surface area contributed by atoms with Gasteiger partial charge in [0, 0.05) is 34.9 Å². The molecule has 37 heavy (non-hydrogen) atoms. The third-order valence-corrected chi connectivity index (χ3v) is 7.31. The number of aromatic amines is 1. The minimum atomic E-state index is -0.963. The Morgan fingerprint density at radius 2 is 2.14 bits per heavy atom. The predicted octanol–water partition coefficient (Wildman–Crippen LogP) is 3.10. The number of methoxy groups -OCH3 is 1. The van der Waals surface area contributed by atoms with Crippen LogP contribution in [-0.4, -0.2) is 53.8 Å². The number of carbonyl (C=O) groups excluding carboxylic acids is 3. The van der Waals surface area contributed by atoms with E-state index in [1.54, 1.807) is 31.4 Å². The molecule has 3 heterocycles. The van der Waals surface area contributed by atoms with Gasteiger partial charge in [-0.3, -0.25) is 14.4 Å². The van der Waals surface area contributed by atoms with E-state index < -0.39 is 18.0 Å². The van der Waals surface area contributed by atoms with Crippen molar-refractivity contribution in [3.05, 3.63) is 64.3 Å². The molecule has 3 amide bonds. The van der Waals surface area contributed by atoms with Crippen molar-refractivity contribution in [1.82, 2.24) is 20.5 Å². The molecule has 5 rings (SSSR count). The van der Waals surface area contributed by atoms with E-state index in [1.165, 1.54) is 4.90 Å². The monoisotopic (exact) mass is 519 g/mol. The van der Waals surface area contributed by atoms with Gasteiger partial charge in [0.2, 0.25) is 11.8 Å². The predicted molar refractivity (Wildman–Crippen MR) is 137 cm³/mol. The molecule has 0 saturated carbocycles. The Bertz CT molecular complexity index is 1430. The molecule has 1 unspecified atom stereocenters. The Morgan fingerprint density at radius 1 is 1.30 bits per heavy atom. The number of aromatic nitrogens is 1. The van der Waals surface area contributed by atoms with Gasteiger partial charge in [-0.2, -0.15) is 5.26 Å². The number of benzene rings is 2. The van der Waals surface area contributed by atoms with Crippen molar-refractivity contribution in [2.75, 3.05) is 20.2 Å². The van der Waals surface area contributed by atoms with Crippen LogP contribution in [0.1, 0.15) is 40.5 Å². The summed E-state index contributed by atoms with van der Waals surface area (Å²) in [5.41, 5.74) is 2.60. The first-order valence-corrected chi connectivity index (χ1v) is 12.5. The molecule has 1 fully saturated rings. The summed E-state index contributed by atoms with van der Waals surface area (Å²) in [6.07, 6.45) is 1.36. The van der Waals surface area contributed by atoms with E-state index in [-0.39, 0.29) is 24.2 Å². The van der Waals surface area contributed by atoms with E-state index in [9.17, 15) is 19.6 Å². The zero-order chi connectivity index (χ0) is 26.1. The smallest absolute Gasteiger partial charge is 0.271 e. The molecule has 0 spiro atoms. The number of rotatable bonds is 6. The minimum absolute atomic E-state index is 0.113. The van der Waals surface area contributed by atoms with Crippen molar-refractivity contribution in [2.45, 2.75) is 31.3 Å². The number of fused-ring (bicyclic) bond motifs is 2. The molecule has 3 aromatic rings. The lowest BCUT2D eigenvalue weighted by Gasteiger charge is -2.36. The molecule has 190 valence electrons. The second-order valence-electron chi connectivity index (χ2n) is 9.30. The van der Waals surface area contributed by atoms with Crippen LogP contribution in [0.3, 0.4) is 0 Å². The molecule has 2 aliphatic rings. The fraction of sp³-hybridized carbons (Fsp3) is 0.333. The van der Waals surface area contributed by atoms with Crippen LogP contribution < -0.4 is 15.4 Å². The maximum absolute atomic E-state index is 13.8. The molecule has 1 aromatic heterocycles. The van der Waals surface area contributed by atoms with E-state index in [1.807, 2.05) is 18.2 Å². The lowest BCUT2D eigenvalue weighted by Crippen LogP contribution is -2.49. The average Bonchev–Trinajstić information content (AvgIpc) is 3.52. The Morgan fingerprint density at radius 3 is 2.86 bits per heavy atom. The number of ether oxygens (including phenoxy) is 1. The topological polar surface area (TPSA) is 127 Å². The number of halogens is 1. The number of hydrogen-bond acceptors (Lipinski definition) is 5. The van der Waals surface area contributed by atoms with Crippen molar-refractivity contribution >= 4 is 40.2 Å². The highest BCUT2D eigenvalue weighted by atomic mass is 35.5. The quantitative estimate of drug-likeness (QED) is 0.461. The van der Waals surface area contributed by atoms with Crippen LogP contribution in [0.25, 0.3) is 10.9 Å². The van der Waals surface area contributed by atoms with Crippen molar-refractivity contribution in [2.24, 2.45) is 5.92 Å². The molecule has 2 aliphatic heterocycles. The standard InChI is InChI=1S/C27H26ClN5O4/c1-37-23-4-2-3-21-20(23)13-22(32-21)27(36)33-10-8-15-11-17(28)5-6-19(15)24(33)26(35)31-18(14-29)12-16-7-9-30-25(16)34/h2-6,11,13,16,18,24,32H,7-10,12H2,1H3,(H,30,34)(H,31,35)/t16-,18-,24?/m0/s1. The first-order chi connectivity index (χ1) is 17.9. The van der Waals surface area contributed by atoms with Gasteiger partial charge in [-0.25, -0.2) is 0 Å². The first-order valence-electron chi connectivity index (χ1n) is 12.1. The summed E-state index contributed by atoms with van der Waals surface area (Å²) in [5, 5.41) is 16.6. The van der Waals surface area contributed by atoms with E-state index in [2.05, 4.69) is 21.7 Å². The van der Waals surface area contributed by atoms with Gasteiger partial charge >= 0.3 is 0 Å². The third-order valence-electron chi connectivity index (χ3n) is 7.07. The molecule has 9 nitrogen and oxygen atoms in total. The van der Waals surface area contributed by atoms with Crippen LogP contribution in [0, 0.1) is 17.2 Å². The Labute approximate surface area is 218 Å².